The van der Waals surface area contributed by atoms with Crippen LogP contribution in [0.1, 0.15) is 12.8 Å². The van der Waals surface area contributed by atoms with Crippen molar-refractivity contribution in [2.75, 3.05) is 53.9 Å². The monoisotopic (exact) mass is 333 g/mol. The average Bonchev–Trinajstić information content (AvgIpc) is 2.85. The van der Waals surface area contributed by atoms with E-state index in [0.717, 1.165) is 0 Å². The number of carbonyl (C=O) groups excluding carboxylic acids is 3. The lowest BCUT2D eigenvalue weighted by Gasteiger charge is -2.19. The SMILES string of the molecule is COCCOCC(COCCOC)C(=O)ON1C(=O)CCC1=O. The third-order valence-electron chi connectivity index (χ3n) is 3.02. The number of carbonyl (C=O) groups is 3. The molecular weight excluding hydrogens is 310 g/mol. The van der Waals surface area contributed by atoms with Crippen LogP contribution in [0.25, 0.3) is 0 Å². The highest BCUT2D eigenvalue weighted by Crippen LogP contribution is 2.14. The second kappa shape index (κ2) is 11.1. The van der Waals surface area contributed by atoms with Gasteiger partial charge >= 0.3 is 5.97 Å². The molecule has 1 aliphatic rings. The Morgan fingerprint density at radius 3 is 1.87 bits per heavy atom. The van der Waals surface area contributed by atoms with Crippen molar-refractivity contribution in [1.29, 1.82) is 0 Å². The van der Waals surface area contributed by atoms with E-state index in [1.807, 2.05) is 0 Å². The largest absolute Gasteiger partial charge is 0.382 e. The summed E-state index contributed by atoms with van der Waals surface area (Å²) in [5.41, 5.74) is 0. The van der Waals surface area contributed by atoms with Crippen LogP contribution in [0.2, 0.25) is 0 Å². The highest BCUT2D eigenvalue weighted by atomic mass is 16.7. The number of amides is 2. The number of ether oxygens (including phenoxy) is 4. The zero-order chi connectivity index (χ0) is 17.1. The summed E-state index contributed by atoms with van der Waals surface area (Å²) in [4.78, 5) is 40.0. The smallest absolute Gasteiger partial charge is 0.340 e. The summed E-state index contributed by atoms with van der Waals surface area (Å²) in [7, 11) is 3.07. The maximum atomic E-state index is 12.1. The molecule has 0 aromatic heterocycles. The Bertz CT molecular complexity index is 372. The molecule has 0 aromatic rings. The molecule has 0 saturated carbocycles. The van der Waals surface area contributed by atoms with Crippen LogP contribution >= 0.6 is 0 Å². The highest BCUT2D eigenvalue weighted by molar-refractivity contribution is 6.01. The molecule has 1 saturated heterocycles. The predicted molar refractivity (Wildman–Crippen MR) is 76.1 cm³/mol. The zero-order valence-electron chi connectivity index (χ0n) is 13.4. The van der Waals surface area contributed by atoms with E-state index >= 15 is 0 Å². The second-order valence-electron chi connectivity index (χ2n) is 4.82. The van der Waals surface area contributed by atoms with Crippen LogP contribution < -0.4 is 0 Å². The topological polar surface area (TPSA) is 101 Å². The van der Waals surface area contributed by atoms with Crippen molar-refractivity contribution in [2.24, 2.45) is 5.92 Å². The molecule has 9 nitrogen and oxygen atoms in total. The van der Waals surface area contributed by atoms with Crippen molar-refractivity contribution in [2.45, 2.75) is 12.8 Å². The van der Waals surface area contributed by atoms with Gasteiger partial charge in [-0.1, -0.05) is 0 Å². The van der Waals surface area contributed by atoms with Crippen LogP contribution in [0.5, 0.6) is 0 Å². The van der Waals surface area contributed by atoms with Crippen molar-refractivity contribution in [3.63, 3.8) is 0 Å². The molecule has 0 unspecified atom stereocenters. The lowest BCUT2D eigenvalue weighted by molar-refractivity contribution is -0.203. The molecule has 0 N–H and O–H groups in total. The third-order valence-corrected chi connectivity index (χ3v) is 3.02. The molecule has 0 bridgehead atoms. The summed E-state index contributed by atoms with van der Waals surface area (Å²) in [6.45, 7) is 1.45. The fraction of sp³-hybridized carbons (Fsp3) is 0.786. The van der Waals surface area contributed by atoms with Gasteiger partial charge in [0.15, 0.2) is 0 Å². The molecular formula is C14H23NO8. The van der Waals surface area contributed by atoms with E-state index in [-0.39, 0.29) is 26.1 Å². The van der Waals surface area contributed by atoms with Gasteiger partial charge in [-0.05, 0) is 0 Å². The molecule has 132 valence electrons. The lowest BCUT2D eigenvalue weighted by atomic mass is 10.2. The molecule has 0 aromatic carbocycles. The van der Waals surface area contributed by atoms with Crippen molar-refractivity contribution in [3.05, 3.63) is 0 Å². The van der Waals surface area contributed by atoms with Crippen molar-refractivity contribution >= 4 is 17.8 Å². The summed E-state index contributed by atoms with van der Waals surface area (Å²) in [6.07, 6.45) is 0.0942. The van der Waals surface area contributed by atoms with Gasteiger partial charge in [-0.2, -0.15) is 0 Å². The molecule has 1 heterocycles. The predicted octanol–water partition coefficient (Wildman–Crippen LogP) is -0.464. The minimum Gasteiger partial charge on any atom is -0.382 e. The first kappa shape index (κ1) is 19.5. The lowest BCUT2D eigenvalue weighted by Crippen LogP contribution is -2.37. The Morgan fingerprint density at radius 1 is 0.957 bits per heavy atom. The summed E-state index contributed by atoms with van der Waals surface area (Å²) in [6, 6.07) is 0. The molecule has 1 aliphatic heterocycles. The fourth-order valence-electron chi connectivity index (χ4n) is 1.74. The van der Waals surface area contributed by atoms with Gasteiger partial charge < -0.3 is 23.8 Å². The Hall–Kier alpha value is -1.55. The maximum absolute atomic E-state index is 12.1. The van der Waals surface area contributed by atoms with E-state index in [2.05, 4.69) is 0 Å². The first-order valence-corrected chi connectivity index (χ1v) is 7.31. The molecule has 9 heteroatoms. The van der Waals surface area contributed by atoms with E-state index in [4.69, 9.17) is 23.8 Å². The van der Waals surface area contributed by atoms with E-state index in [1.54, 1.807) is 0 Å². The number of rotatable bonds is 12. The standard InChI is InChI=1S/C14H23NO8/c1-19-5-7-21-9-11(10-22-8-6-20-2)14(18)23-15-12(16)3-4-13(15)17/h11H,3-10H2,1-2H3. The maximum Gasteiger partial charge on any atom is 0.340 e. The number of hydroxylamine groups is 2. The van der Waals surface area contributed by atoms with Gasteiger partial charge in [-0.3, -0.25) is 9.59 Å². The number of imide groups is 1. The second-order valence-corrected chi connectivity index (χ2v) is 4.82. The third kappa shape index (κ3) is 7.04. The van der Waals surface area contributed by atoms with Gasteiger partial charge in [-0.25, -0.2) is 4.79 Å². The number of methoxy groups -OCH3 is 2. The summed E-state index contributed by atoms with van der Waals surface area (Å²) >= 11 is 0. The van der Waals surface area contributed by atoms with Crippen molar-refractivity contribution < 1.29 is 38.2 Å². The summed E-state index contributed by atoms with van der Waals surface area (Å²) in [5.74, 6) is -2.56. The first-order valence-electron chi connectivity index (χ1n) is 7.31. The molecule has 1 fully saturated rings. The molecule has 2 amide bonds. The molecule has 23 heavy (non-hydrogen) atoms. The molecule has 0 spiro atoms. The van der Waals surface area contributed by atoms with Crippen LogP contribution in [0.15, 0.2) is 0 Å². The van der Waals surface area contributed by atoms with Gasteiger partial charge in [0.1, 0.15) is 5.92 Å². The number of hydrogen-bond acceptors (Lipinski definition) is 8. The van der Waals surface area contributed by atoms with Crippen LogP contribution in [-0.2, 0) is 38.2 Å². The van der Waals surface area contributed by atoms with Gasteiger partial charge in [-0.15, -0.1) is 5.06 Å². The molecule has 0 atom stereocenters. The average molecular weight is 333 g/mol. The fourth-order valence-corrected chi connectivity index (χ4v) is 1.74. The Kier molecular flexibility index (Phi) is 9.37. The first-order chi connectivity index (χ1) is 11.1. The molecule has 1 rings (SSSR count). The highest BCUT2D eigenvalue weighted by Gasteiger charge is 2.35. The molecule has 0 radical (unpaired) electrons. The minimum atomic E-state index is -0.759. The van der Waals surface area contributed by atoms with E-state index in [9.17, 15) is 14.4 Å². The van der Waals surface area contributed by atoms with Crippen LogP contribution in [0.3, 0.4) is 0 Å². The zero-order valence-corrected chi connectivity index (χ0v) is 13.4. The Balaban J connectivity index is 2.48. The van der Waals surface area contributed by atoms with Crippen molar-refractivity contribution in [1.82, 2.24) is 5.06 Å². The van der Waals surface area contributed by atoms with Crippen molar-refractivity contribution in [3.8, 4) is 0 Å². The van der Waals surface area contributed by atoms with E-state index in [0.29, 0.717) is 31.5 Å². The van der Waals surface area contributed by atoms with Gasteiger partial charge in [0.25, 0.3) is 11.8 Å². The van der Waals surface area contributed by atoms with Gasteiger partial charge in [0.2, 0.25) is 0 Å². The van der Waals surface area contributed by atoms with E-state index < -0.39 is 23.7 Å². The summed E-state index contributed by atoms with van der Waals surface area (Å²) in [5, 5.41) is 0.514. The normalized spacial score (nSPS) is 14.8. The summed E-state index contributed by atoms with van der Waals surface area (Å²) < 4.78 is 20.3. The van der Waals surface area contributed by atoms with Crippen LogP contribution in [0.4, 0.5) is 0 Å². The van der Waals surface area contributed by atoms with Crippen LogP contribution in [-0.4, -0.2) is 76.7 Å². The minimum absolute atomic E-state index is 0.0331. The Morgan fingerprint density at radius 2 is 1.43 bits per heavy atom. The van der Waals surface area contributed by atoms with Gasteiger partial charge in [0, 0.05) is 27.1 Å². The number of nitrogens with zero attached hydrogens (tertiary/aromatic N) is 1. The molecule has 0 aliphatic carbocycles. The van der Waals surface area contributed by atoms with E-state index in [1.165, 1.54) is 14.2 Å². The Labute approximate surface area is 134 Å². The van der Waals surface area contributed by atoms with Crippen LogP contribution in [0, 0.1) is 5.92 Å². The quantitative estimate of drug-likeness (QED) is 0.349. The van der Waals surface area contributed by atoms with Gasteiger partial charge in [0.05, 0.1) is 39.6 Å². The number of hydrogen-bond donors (Lipinski definition) is 0.